The summed E-state index contributed by atoms with van der Waals surface area (Å²) in [4.78, 5) is -0.0564. The molecule has 0 fully saturated rings. The van der Waals surface area contributed by atoms with Crippen molar-refractivity contribution in [2.75, 3.05) is 12.8 Å². The molecule has 0 aliphatic heterocycles. The maximum Gasteiger partial charge on any atom is 0.187 e. The monoisotopic (exact) mass is 318 g/mol. The standard InChI is InChI=1S/C10H9NO5S2.CH5N/c11-7-1-2-9(18(15)16)6-3-5(17(13)14)4-8(12)10(6)7;1-2/h1-4,12H,11H2,(H,13,14)(H,15,16);2H2,1H3. The van der Waals surface area contributed by atoms with Gasteiger partial charge in [-0.05, 0) is 31.3 Å². The number of aromatic hydroxyl groups is 1. The summed E-state index contributed by atoms with van der Waals surface area (Å²) in [5, 5.41) is 10.1. The lowest BCUT2D eigenvalue weighted by molar-refractivity contribution is 0.479. The van der Waals surface area contributed by atoms with E-state index in [9.17, 15) is 13.5 Å². The van der Waals surface area contributed by atoms with E-state index in [0.29, 0.717) is 0 Å². The van der Waals surface area contributed by atoms with Gasteiger partial charge in [-0.25, -0.2) is 8.42 Å². The Morgan fingerprint density at radius 2 is 1.65 bits per heavy atom. The Kier molecular flexibility index (Phi) is 5.60. The maximum absolute atomic E-state index is 11.2. The van der Waals surface area contributed by atoms with Crippen molar-refractivity contribution in [3.05, 3.63) is 24.3 Å². The fraction of sp³-hybridized carbons (Fsp3) is 0.0909. The molecule has 20 heavy (non-hydrogen) atoms. The van der Waals surface area contributed by atoms with Gasteiger partial charge in [0.15, 0.2) is 22.2 Å². The van der Waals surface area contributed by atoms with Crippen molar-refractivity contribution in [3.63, 3.8) is 0 Å². The van der Waals surface area contributed by atoms with Crippen molar-refractivity contribution in [1.82, 2.24) is 0 Å². The van der Waals surface area contributed by atoms with Crippen LogP contribution in [0.4, 0.5) is 5.69 Å². The summed E-state index contributed by atoms with van der Waals surface area (Å²) >= 11 is -4.59. The van der Waals surface area contributed by atoms with E-state index in [1.165, 1.54) is 25.2 Å². The molecule has 0 radical (unpaired) electrons. The highest BCUT2D eigenvalue weighted by Gasteiger charge is 2.15. The van der Waals surface area contributed by atoms with Gasteiger partial charge in [-0.1, -0.05) is 0 Å². The number of hydrogen-bond donors (Lipinski definition) is 5. The van der Waals surface area contributed by atoms with E-state index in [-0.39, 0.29) is 32.0 Å². The van der Waals surface area contributed by atoms with Crippen LogP contribution in [0.1, 0.15) is 0 Å². The molecule has 0 amide bonds. The SMILES string of the molecule is CN.Nc1ccc(S(=O)O)c2cc(S(=O)O)cc(O)c12. The highest BCUT2D eigenvalue weighted by atomic mass is 32.2. The summed E-state index contributed by atoms with van der Waals surface area (Å²) in [5.74, 6) is -0.310. The Hall–Kier alpha value is -1.52. The van der Waals surface area contributed by atoms with Crippen LogP contribution in [-0.4, -0.2) is 29.7 Å². The summed E-state index contributed by atoms with van der Waals surface area (Å²) in [6, 6.07) is 5.07. The third kappa shape index (κ3) is 3.14. The van der Waals surface area contributed by atoms with Crippen LogP contribution in [0.2, 0.25) is 0 Å². The number of benzene rings is 2. The number of hydrogen-bond acceptors (Lipinski definition) is 5. The number of phenolic OH excluding ortho intramolecular Hbond substituents is 1. The molecule has 7 N–H and O–H groups in total. The molecule has 2 aromatic rings. The molecule has 0 heterocycles. The largest absolute Gasteiger partial charge is 0.507 e. The summed E-state index contributed by atoms with van der Waals surface area (Å²) in [6.07, 6.45) is 0. The van der Waals surface area contributed by atoms with Gasteiger partial charge >= 0.3 is 0 Å². The molecule has 0 aliphatic rings. The minimum absolute atomic E-state index is 0.0156. The molecule has 2 atom stereocenters. The first kappa shape index (κ1) is 16.5. The van der Waals surface area contributed by atoms with Crippen LogP contribution in [0.3, 0.4) is 0 Å². The van der Waals surface area contributed by atoms with E-state index >= 15 is 0 Å². The Balaban J connectivity index is 0.000000956. The van der Waals surface area contributed by atoms with Crippen LogP contribution in [0.25, 0.3) is 10.8 Å². The van der Waals surface area contributed by atoms with Gasteiger partial charge in [0.1, 0.15) is 5.75 Å². The van der Waals surface area contributed by atoms with E-state index < -0.39 is 22.2 Å². The van der Waals surface area contributed by atoms with Crippen molar-refractivity contribution in [2.24, 2.45) is 5.73 Å². The van der Waals surface area contributed by atoms with Crippen molar-refractivity contribution in [1.29, 1.82) is 0 Å². The minimum Gasteiger partial charge on any atom is -0.507 e. The number of rotatable bonds is 2. The average molecular weight is 318 g/mol. The van der Waals surface area contributed by atoms with Crippen LogP contribution in [-0.2, 0) is 22.2 Å². The second kappa shape index (κ2) is 6.77. The molecule has 2 rings (SSSR count). The van der Waals surface area contributed by atoms with E-state index in [2.05, 4.69) is 5.73 Å². The zero-order chi connectivity index (χ0) is 15.4. The molecule has 7 nitrogen and oxygen atoms in total. The first-order chi connectivity index (χ1) is 9.41. The van der Waals surface area contributed by atoms with E-state index in [1.807, 2.05) is 0 Å². The Bertz CT molecular complexity index is 690. The molecule has 0 bridgehead atoms. The van der Waals surface area contributed by atoms with Crippen molar-refractivity contribution in [3.8, 4) is 5.75 Å². The zero-order valence-corrected chi connectivity index (χ0v) is 12.1. The highest BCUT2D eigenvalue weighted by molar-refractivity contribution is 7.79. The molecular weight excluding hydrogens is 304 g/mol. The summed E-state index contributed by atoms with van der Waals surface area (Å²) in [5.41, 5.74) is 10.4. The molecule has 0 aliphatic carbocycles. The fourth-order valence-corrected chi connectivity index (χ4v) is 2.66. The van der Waals surface area contributed by atoms with Crippen LogP contribution in [0.5, 0.6) is 5.75 Å². The van der Waals surface area contributed by atoms with Gasteiger partial charge in [0.2, 0.25) is 0 Å². The lowest BCUT2D eigenvalue weighted by atomic mass is 10.1. The van der Waals surface area contributed by atoms with E-state index in [1.54, 1.807) is 0 Å². The fourth-order valence-electron chi connectivity index (χ4n) is 1.69. The molecule has 2 unspecified atom stereocenters. The highest BCUT2D eigenvalue weighted by Crippen LogP contribution is 2.35. The van der Waals surface area contributed by atoms with Crippen molar-refractivity contribution < 1.29 is 22.6 Å². The van der Waals surface area contributed by atoms with Crippen molar-refractivity contribution >= 4 is 38.6 Å². The Morgan fingerprint density at radius 3 is 2.15 bits per heavy atom. The number of fused-ring (bicyclic) bond motifs is 1. The van der Waals surface area contributed by atoms with Crippen LogP contribution >= 0.6 is 0 Å². The second-order valence-corrected chi connectivity index (χ2v) is 5.42. The van der Waals surface area contributed by atoms with E-state index in [0.717, 1.165) is 6.07 Å². The van der Waals surface area contributed by atoms with Gasteiger partial charge in [-0.2, -0.15) is 0 Å². The molecule has 0 saturated heterocycles. The van der Waals surface area contributed by atoms with Gasteiger partial charge in [0.25, 0.3) is 0 Å². The molecule has 110 valence electrons. The molecule has 0 saturated carbocycles. The third-order valence-corrected chi connectivity index (χ3v) is 3.82. The lowest BCUT2D eigenvalue weighted by Gasteiger charge is -2.09. The Labute approximate surface area is 120 Å². The minimum atomic E-state index is -2.30. The molecule has 9 heteroatoms. The van der Waals surface area contributed by atoms with Gasteiger partial charge in [-0.15, -0.1) is 0 Å². The summed E-state index contributed by atoms with van der Waals surface area (Å²) < 4.78 is 40.3. The van der Waals surface area contributed by atoms with Gasteiger partial charge in [-0.3, -0.25) is 0 Å². The van der Waals surface area contributed by atoms with E-state index in [4.69, 9.17) is 14.8 Å². The predicted octanol–water partition coefficient (Wildman–Crippen LogP) is 0.864. The smallest absolute Gasteiger partial charge is 0.187 e. The number of anilines is 1. The lowest BCUT2D eigenvalue weighted by Crippen LogP contribution is -1.96. The first-order valence-electron chi connectivity index (χ1n) is 5.26. The van der Waals surface area contributed by atoms with Gasteiger partial charge < -0.3 is 25.7 Å². The second-order valence-electron chi connectivity index (χ2n) is 3.52. The molecule has 0 aromatic heterocycles. The Morgan fingerprint density at radius 1 is 1.05 bits per heavy atom. The number of nitrogen functional groups attached to an aromatic ring is 1. The van der Waals surface area contributed by atoms with Crippen LogP contribution in [0, 0.1) is 0 Å². The molecular formula is C11H14N2O5S2. The normalized spacial score (nSPS) is 13.4. The predicted molar refractivity (Wildman–Crippen MR) is 78.2 cm³/mol. The first-order valence-corrected chi connectivity index (χ1v) is 7.48. The van der Waals surface area contributed by atoms with Gasteiger partial charge in [0, 0.05) is 16.5 Å². The molecule has 0 spiro atoms. The summed E-state index contributed by atoms with van der Waals surface area (Å²) in [6.45, 7) is 0. The van der Waals surface area contributed by atoms with Crippen LogP contribution < -0.4 is 11.5 Å². The quantitative estimate of drug-likeness (QED) is 0.407. The number of phenols is 1. The zero-order valence-electron chi connectivity index (χ0n) is 10.4. The topological polar surface area (TPSA) is 147 Å². The van der Waals surface area contributed by atoms with Gasteiger partial charge in [0.05, 0.1) is 9.79 Å². The maximum atomic E-state index is 11.2. The van der Waals surface area contributed by atoms with Crippen molar-refractivity contribution in [2.45, 2.75) is 9.79 Å². The molecule has 2 aromatic carbocycles. The average Bonchev–Trinajstić information content (AvgIpc) is 2.40. The summed E-state index contributed by atoms with van der Waals surface area (Å²) in [7, 11) is 1.50. The number of nitrogens with two attached hydrogens (primary N) is 2. The van der Waals surface area contributed by atoms with Crippen LogP contribution in [0.15, 0.2) is 34.1 Å². The third-order valence-electron chi connectivity index (χ3n) is 2.45.